The summed E-state index contributed by atoms with van der Waals surface area (Å²) in [5, 5.41) is 4.05. The van der Waals surface area contributed by atoms with E-state index in [-0.39, 0.29) is 5.82 Å². The summed E-state index contributed by atoms with van der Waals surface area (Å²) in [6.07, 6.45) is 0. The van der Waals surface area contributed by atoms with Gasteiger partial charge in [-0.1, -0.05) is 11.6 Å². The zero-order chi connectivity index (χ0) is 11.0. The number of hydrogen-bond donors (Lipinski definition) is 1. The maximum Gasteiger partial charge on any atom is 0.153 e. The minimum atomic E-state index is -0.340. The van der Waals surface area contributed by atoms with E-state index in [1.807, 2.05) is 14.0 Å². The molecule has 1 N–H and O–H groups in total. The second-order valence-electron chi connectivity index (χ2n) is 3.44. The fourth-order valence-corrected chi connectivity index (χ4v) is 1.87. The van der Waals surface area contributed by atoms with Crippen LogP contribution < -0.4 is 5.32 Å². The molecule has 1 aromatic carbocycles. The Morgan fingerprint density at radius 1 is 1.47 bits per heavy atom. The van der Waals surface area contributed by atoms with E-state index in [4.69, 9.17) is 16.0 Å². The number of aryl methyl sites for hydroxylation is 1. The van der Waals surface area contributed by atoms with Crippen LogP contribution in [-0.2, 0) is 6.54 Å². The molecule has 0 bridgehead atoms. The summed E-state index contributed by atoms with van der Waals surface area (Å²) in [5.74, 6) is 0.451. The van der Waals surface area contributed by atoms with Crippen LogP contribution in [0.5, 0.6) is 0 Å². The van der Waals surface area contributed by atoms with Crippen molar-refractivity contribution in [2.24, 2.45) is 0 Å². The van der Waals surface area contributed by atoms with Crippen molar-refractivity contribution in [3.05, 3.63) is 34.3 Å². The average Bonchev–Trinajstić information content (AvgIpc) is 2.47. The van der Waals surface area contributed by atoms with Crippen molar-refractivity contribution in [2.75, 3.05) is 7.05 Å². The molecule has 2 nitrogen and oxygen atoms in total. The zero-order valence-corrected chi connectivity index (χ0v) is 9.28. The highest BCUT2D eigenvalue weighted by Gasteiger charge is 2.13. The topological polar surface area (TPSA) is 25.2 Å². The molecule has 80 valence electrons. The summed E-state index contributed by atoms with van der Waals surface area (Å²) in [6, 6.07) is 2.70. The smallest absolute Gasteiger partial charge is 0.153 e. The van der Waals surface area contributed by atoms with Crippen molar-refractivity contribution < 1.29 is 8.81 Å². The van der Waals surface area contributed by atoms with E-state index in [0.717, 1.165) is 16.7 Å². The van der Waals surface area contributed by atoms with Crippen LogP contribution in [0.3, 0.4) is 0 Å². The van der Waals surface area contributed by atoms with Gasteiger partial charge in [-0.3, -0.25) is 0 Å². The quantitative estimate of drug-likeness (QED) is 0.852. The molecule has 4 heteroatoms. The Bertz CT molecular complexity index is 507. The van der Waals surface area contributed by atoms with Crippen LogP contribution in [0, 0.1) is 12.7 Å². The molecular weight excluding hydrogens is 217 g/mol. The van der Waals surface area contributed by atoms with E-state index < -0.39 is 0 Å². The molecule has 0 fully saturated rings. The number of halogens is 2. The van der Waals surface area contributed by atoms with Crippen LogP contribution in [-0.4, -0.2) is 7.05 Å². The first-order chi connectivity index (χ1) is 7.13. The minimum Gasteiger partial charge on any atom is -0.458 e. The molecule has 2 rings (SSSR count). The molecule has 0 spiro atoms. The van der Waals surface area contributed by atoms with Crippen molar-refractivity contribution in [3.63, 3.8) is 0 Å². The Morgan fingerprint density at radius 3 is 2.87 bits per heavy atom. The first-order valence-corrected chi connectivity index (χ1v) is 5.03. The van der Waals surface area contributed by atoms with Gasteiger partial charge < -0.3 is 9.73 Å². The summed E-state index contributed by atoms with van der Waals surface area (Å²) in [7, 11) is 1.83. The molecule has 2 aromatic rings. The lowest BCUT2D eigenvalue weighted by atomic mass is 10.1. The van der Waals surface area contributed by atoms with Crippen molar-refractivity contribution in [1.29, 1.82) is 0 Å². The van der Waals surface area contributed by atoms with Crippen molar-refractivity contribution in [2.45, 2.75) is 13.5 Å². The molecule has 15 heavy (non-hydrogen) atoms. The lowest BCUT2D eigenvalue weighted by Gasteiger charge is -1.94. The Morgan fingerprint density at radius 2 is 2.20 bits per heavy atom. The largest absolute Gasteiger partial charge is 0.458 e. The first kappa shape index (κ1) is 10.5. The van der Waals surface area contributed by atoms with Crippen molar-refractivity contribution in [1.82, 2.24) is 5.32 Å². The van der Waals surface area contributed by atoms with E-state index in [0.29, 0.717) is 17.2 Å². The number of furan rings is 1. The number of hydrogen-bond acceptors (Lipinski definition) is 2. The van der Waals surface area contributed by atoms with Crippen LogP contribution in [0.1, 0.15) is 11.3 Å². The molecule has 0 saturated heterocycles. The first-order valence-electron chi connectivity index (χ1n) is 4.65. The SMILES string of the molecule is CNCc1oc2c(Cl)cc(F)cc2c1C. The van der Waals surface area contributed by atoms with Gasteiger partial charge in [0.05, 0.1) is 11.6 Å². The van der Waals surface area contributed by atoms with Gasteiger partial charge >= 0.3 is 0 Å². The van der Waals surface area contributed by atoms with Gasteiger partial charge in [-0.05, 0) is 31.7 Å². The van der Waals surface area contributed by atoms with Crippen LogP contribution in [0.25, 0.3) is 11.0 Å². The van der Waals surface area contributed by atoms with E-state index in [1.165, 1.54) is 12.1 Å². The average molecular weight is 228 g/mol. The molecule has 1 heterocycles. The lowest BCUT2D eigenvalue weighted by molar-refractivity contribution is 0.526. The molecule has 0 amide bonds. The number of benzene rings is 1. The summed E-state index contributed by atoms with van der Waals surface area (Å²) >= 11 is 5.89. The monoisotopic (exact) mass is 227 g/mol. The number of nitrogens with one attached hydrogen (secondary N) is 1. The van der Waals surface area contributed by atoms with Gasteiger partial charge in [-0.2, -0.15) is 0 Å². The molecule has 1 aromatic heterocycles. The highest BCUT2D eigenvalue weighted by atomic mass is 35.5. The third-order valence-electron chi connectivity index (χ3n) is 2.39. The minimum absolute atomic E-state index is 0.315. The highest BCUT2D eigenvalue weighted by molar-refractivity contribution is 6.34. The molecule has 0 aliphatic heterocycles. The molecule has 0 aliphatic rings. The maximum absolute atomic E-state index is 13.1. The fraction of sp³-hybridized carbons (Fsp3) is 0.273. The van der Waals surface area contributed by atoms with Crippen molar-refractivity contribution >= 4 is 22.6 Å². The van der Waals surface area contributed by atoms with Gasteiger partial charge in [0.1, 0.15) is 11.6 Å². The summed E-state index contributed by atoms with van der Waals surface area (Å²) < 4.78 is 18.7. The highest BCUT2D eigenvalue weighted by Crippen LogP contribution is 2.31. The van der Waals surface area contributed by atoms with Crippen LogP contribution >= 0.6 is 11.6 Å². The molecule has 0 radical (unpaired) electrons. The number of rotatable bonds is 2. The second-order valence-corrected chi connectivity index (χ2v) is 3.85. The molecule has 0 unspecified atom stereocenters. The molecule has 0 aliphatic carbocycles. The summed E-state index contributed by atoms with van der Waals surface area (Å²) in [6.45, 7) is 2.51. The van der Waals surface area contributed by atoms with E-state index in [9.17, 15) is 4.39 Å². The predicted molar refractivity (Wildman–Crippen MR) is 58.7 cm³/mol. The normalized spacial score (nSPS) is 11.2. The van der Waals surface area contributed by atoms with E-state index in [2.05, 4.69) is 5.32 Å². The predicted octanol–water partition coefficient (Wildman–Crippen LogP) is 3.25. The van der Waals surface area contributed by atoms with Gasteiger partial charge in [0.15, 0.2) is 5.58 Å². The molecule has 0 saturated carbocycles. The van der Waals surface area contributed by atoms with Gasteiger partial charge in [0, 0.05) is 5.39 Å². The third kappa shape index (κ3) is 1.73. The van der Waals surface area contributed by atoms with Gasteiger partial charge in [-0.15, -0.1) is 0 Å². The van der Waals surface area contributed by atoms with Gasteiger partial charge in [-0.25, -0.2) is 4.39 Å². The van der Waals surface area contributed by atoms with E-state index >= 15 is 0 Å². The Balaban J connectivity index is 2.70. The summed E-state index contributed by atoms with van der Waals surface area (Å²) in [5.41, 5.74) is 1.49. The Labute approximate surface area is 92.0 Å². The van der Waals surface area contributed by atoms with Crippen LogP contribution in [0.15, 0.2) is 16.5 Å². The zero-order valence-electron chi connectivity index (χ0n) is 8.53. The maximum atomic E-state index is 13.1. The van der Waals surface area contributed by atoms with Gasteiger partial charge in [0.2, 0.25) is 0 Å². The standard InChI is InChI=1S/C11H11ClFNO/c1-6-8-3-7(13)4-9(12)11(8)15-10(6)5-14-2/h3-4,14H,5H2,1-2H3. The van der Waals surface area contributed by atoms with Crippen LogP contribution in [0.4, 0.5) is 4.39 Å². The van der Waals surface area contributed by atoms with Gasteiger partial charge in [0.25, 0.3) is 0 Å². The van der Waals surface area contributed by atoms with Crippen molar-refractivity contribution in [3.8, 4) is 0 Å². The number of fused-ring (bicyclic) bond motifs is 1. The Hall–Kier alpha value is -1.06. The lowest BCUT2D eigenvalue weighted by Crippen LogP contribution is -2.04. The van der Waals surface area contributed by atoms with E-state index in [1.54, 1.807) is 0 Å². The van der Waals surface area contributed by atoms with Crippen LogP contribution in [0.2, 0.25) is 5.02 Å². The third-order valence-corrected chi connectivity index (χ3v) is 2.67. The fourth-order valence-electron chi connectivity index (χ4n) is 1.62. The summed E-state index contributed by atoms with van der Waals surface area (Å²) in [4.78, 5) is 0. The second kappa shape index (κ2) is 3.83. The Kier molecular flexibility index (Phi) is 2.67. The molecule has 0 atom stereocenters. The molecular formula is C11H11ClFNO.